The van der Waals surface area contributed by atoms with E-state index >= 15 is 0 Å². The highest BCUT2D eigenvalue weighted by Crippen LogP contribution is 2.31. The summed E-state index contributed by atoms with van der Waals surface area (Å²) >= 11 is 0. The number of aromatic nitrogens is 2. The third-order valence-electron chi connectivity index (χ3n) is 4.48. The van der Waals surface area contributed by atoms with Gasteiger partial charge in [0.05, 0.1) is 25.6 Å². The molecule has 0 atom stereocenters. The van der Waals surface area contributed by atoms with Crippen LogP contribution in [-0.4, -0.2) is 47.2 Å². The van der Waals surface area contributed by atoms with Crippen LogP contribution in [0, 0.1) is 17.3 Å². The Bertz CT molecular complexity index is 1060. The summed E-state index contributed by atoms with van der Waals surface area (Å²) in [6.07, 6.45) is 1.17. The molecule has 0 bridgehead atoms. The zero-order chi connectivity index (χ0) is 21.9. The molecule has 3 rings (SSSR count). The molecule has 0 spiro atoms. The topological polar surface area (TPSA) is 128 Å². The number of aliphatic carboxylic acids is 1. The SMILES string of the molecule is COc1cc(N2CCOc3ncnc(N)c3C2=O)ccc1C#CC(C)(C)CC(=O)O. The minimum absolute atomic E-state index is 0.0482. The van der Waals surface area contributed by atoms with Crippen LogP contribution in [0.2, 0.25) is 0 Å². The molecular formula is C21H22N4O5. The molecule has 2 aromatic rings. The first-order valence-electron chi connectivity index (χ1n) is 9.20. The van der Waals surface area contributed by atoms with E-state index in [0.717, 1.165) is 0 Å². The molecule has 1 aromatic carbocycles. The molecule has 9 nitrogen and oxygen atoms in total. The Morgan fingerprint density at radius 2 is 2.17 bits per heavy atom. The number of carboxylic acid groups (broad SMARTS) is 1. The number of carbonyl (C=O) groups excluding carboxylic acids is 1. The highest BCUT2D eigenvalue weighted by molar-refractivity contribution is 6.10. The second-order valence-corrected chi connectivity index (χ2v) is 7.33. The van der Waals surface area contributed by atoms with Crippen molar-refractivity contribution < 1.29 is 24.2 Å². The fraction of sp³-hybridized carbons (Fsp3) is 0.333. The molecule has 30 heavy (non-hydrogen) atoms. The van der Waals surface area contributed by atoms with Crippen LogP contribution in [0.1, 0.15) is 36.2 Å². The van der Waals surface area contributed by atoms with Crippen molar-refractivity contribution in [1.29, 1.82) is 0 Å². The van der Waals surface area contributed by atoms with Crippen molar-refractivity contribution in [2.45, 2.75) is 20.3 Å². The van der Waals surface area contributed by atoms with Crippen LogP contribution in [0.5, 0.6) is 11.6 Å². The van der Waals surface area contributed by atoms with Gasteiger partial charge in [-0.05, 0) is 26.0 Å². The van der Waals surface area contributed by atoms with E-state index in [1.807, 2.05) is 0 Å². The van der Waals surface area contributed by atoms with Crippen molar-refractivity contribution >= 4 is 23.4 Å². The van der Waals surface area contributed by atoms with E-state index in [1.165, 1.54) is 18.3 Å². The van der Waals surface area contributed by atoms with E-state index < -0.39 is 11.4 Å². The van der Waals surface area contributed by atoms with Gasteiger partial charge in [0, 0.05) is 17.2 Å². The summed E-state index contributed by atoms with van der Waals surface area (Å²) in [4.78, 5) is 33.4. The number of rotatable bonds is 4. The number of amides is 1. The Morgan fingerprint density at radius 1 is 1.40 bits per heavy atom. The van der Waals surface area contributed by atoms with Crippen LogP contribution < -0.4 is 20.1 Å². The van der Waals surface area contributed by atoms with Gasteiger partial charge in [0.1, 0.15) is 30.1 Å². The van der Waals surface area contributed by atoms with Gasteiger partial charge in [-0.2, -0.15) is 0 Å². The number of nitrogen functional groups attached to an aromatic ring is 1. The second kappa shape index (κ2) is 8.29. The van der Waals surface area contributed by atoms with Crippen molar-refractivity contribution in [3.8, 4) is 23.5 Å². The standard InChI is InChI=1S/C21H22N4O5/c1-21(2,11-16(26)27)7-6-13-4-5-14(10-15(13)29-3)25-8-9-30-19-17(20(25)28)18(22)23-12-24-19/h4-5,10,12H,8-9,11H2,1-3H3,(H,26,27)(H2,22,23,24). The number of methoxy groups -OCH3 is 1. The summed E-state index contributed by atoms with van der Waals surface area (Å²) in [5.41, 5.74) is 6.45. The van der Waals surface area contributed by atoms with E-state index in [4.69, 9.17) is 20.3 Å². The fourth-order valence-electron chi connectivity index (χ4n) is 3.02. The van der Waals surface area contributed by atoms with Crippen molar-refractivity contribution in [3.05, 3.63) is 35.7 Å². The summed E-state index contributed by atoms with van der Waals surface area (Å²) in [7, 11) is 1.50. The van der Waals surface area contributed by atoms with Gasteiger partial charge in [-0.3, -0.25) is 9.59 Å². The van der Waals surface area contributed by atoms with Crippen LogP contribution >= 0.6 is 0 Å². The van der Waals surface area contributed by atoms with E-state index in [2.05, 4.69) is 21.8 Å². The minimum atomic E-state index is -0.915. The lowest BCUT2D eigenvalue weighted by molar-refractivity contribution is -0.138. The molecule has 3 N–H and O–H groups in total. The van der Waals surface area contributed by atoms with E-state index in [9.17, 15) is 9.59 Å². The number of hydrogen-bond acceptors (Lipinski definition) is 7. The van der Waals surface area contributed by atoms with Gasteiger partial charge in [-0.25, -0.2) is 9.97 Å². The van der Waals surface area contributed by atoms with Gasteiger partial charge in [0.2, 0.25) is 5.88 Å². The van der Waals surface area contributed by atoms with Crippen molar-refractivity contribution in [2.75, 3.05) is 30.9 Å². The number of ether oxygens (including phenoxy) is 2. The third kappa shape index (κ3) is 4.43. The average molecular weight is 410 g/mol. The van der Waals surface area contributed by atoms with Crippen molar-refractivity contribution in [1.82, 2.24) is 9.97 Å². The number of anilines is 2. The maximum absolute atomic E-state index is 13.1. The highest BCUT2D eigenvalue weighted by atomic mass is 16.5. The zero-order valence-corrected chi connectivity index (χ0v) is 16.9. The van der Waals surface area contributed by atoms with E-state index in [1.54, 1.807) is 32.0 Å². The van der Waals surface area contributed by atoms with Gasteiger partial charge < -0.3 is 25.2 Å². The summed E-state index contributed by atoms with van der Waals surface area (Å²) in [6, 6.07) is 5.15. The number of nitrogens with zero attached hydrogens (tertiary/aromatic N) is 3. The van der Waals surface area contributed by atoms with Crippen LogP contribution in [0.3, 0.4) is 0 Å². The Balaban J connectivity index is 1.94. The minimum Gasteiger partial charge on any atom is -0.495 e. The summed E-state index contributed by atoms with van der Waals surface area (Å²) < 4.78 is 11.0. The smallest absolute Gasteiger partial charge is 0.304 e. The molecular weight excluding hydrogens is 388 g/mol. The second-order valence-electron chi connectivity index (χ2n) is 7.33. The van der Waals surface area contributed by atoms with Gasteiger partial charge in [0.15, 0.2) is 0 Å². The molecule has 1 aromatic heterocycles. The van der Waals surface area contributed by atoms with Crippen molar-refractivity contribution in [3.63, 3.8) is 0 Å². The summed E-state index contributed by atoms with van der Waals surface area (Å²) in [5.74, 6) is 5.34. The molecule has 0 saturated heterocycles. The van der Waals surface area contributed by atoms with E-state index in [0.29, 0.717) is 17.0 Å². The Labute approximate surface area is 173 Å². The molecule has 2 heterocycles. The maximum atomic E-state index is 13.1. The average Bonchev–Trinajstić information content (AvgIpc) is 2.85. The quantitative estimate of drug-likeness (QED) is 0.732. The van der Waals surface area contributed by atoms with Crippen LogP contribution in [0.15, 0.2) is 24.5 Å². The molecule has 0 radical (unpaired) electrons. The van der Waals surface area contributed by atoms with Crippen LogP contribution in [0.4, 0.5) is 11.5 Å². The molecule has 156 valence electrons. The van der Waals surface area contributed by atoms with Crippen LogP contribution in [-0.2, 0) is 4.79 Å². The normalized spacial score (nSPS) is 13.4. The molecule has 0 unspecified atom stereocenters. The number of benzene rings is 1. The number of nitrogens with two attached hydrogens (primary N) is 1. The Kier molecular flexibility index (Phi) is 5.78. The molecule has 1 aliphatic heterocycles. The Hall–Kier alpha value is -3.80. The number of carbonyl (C=O) groups is 2. The molecule has 0 aliphatic carbocycles. The van der Waals surface area contributed by atoms with Gasteiger partial charge in [-0.1, -0.05) is 11.8 Å². The number of carboxylic acids is 1. The van der Waals surface area contributed by atoms with Gasteiger partial charge in [-0.15, -0.1) is 0 Å². The lowest BCUT2D eigenvalue weighted by atomic mass is 9.90. The fourth-order valence-corrected chi connectivity index (χ4v) is 3.02. The summed E-state index contributed by atoms with van der Waals surface area (Å²) in [5, 5.41) is 9.01. The lowest BCUT2D eigenvalue weighted by Gasteiger charge is -2.21. The predicted octanol–water partition coefficient (Wildman–Crippen LogP) is 1.96. The van der Waals surface area contributed by atoms with E-state index in [-0.39, 0.29) is 42.7 Å². The predicted molar refractivity (Wildman–Crippen MR) is 110 cm³/mol. The molecule has 0 fully saturated rings. The third-order valence-corrected chi connectivity index (χ3v) is 4.48. The first-order chi connectivity index (χ1) is 14.2. The number of fused-ring (bicyclic) bond motifs is 1. The molecule has 9 heteroatoms. The highest BCUT2D eigenvalue weighted by Gasteiger charge is 2.29. The Morgan fingerprint density at radius 3 is 2.87 bits per heavy atom. The number of hydrogen-bond donors (Lipinski definition) is 2. The molecule has 0 saturated carbocycles. The molecule has 1 amide bonds. The lowest BCUT2D eigenvalue weighted by Crippen LogP contribution is -2.32. The first-order valence-corrected chi connectivity index (χ1v) is 9.20. The maximum Gasteiger partial charge on any atom is 0.304 e. The summed E-state index contributed by atoms with van der Waals surface area (Å²) in [6.45, 7) is 4.04. The van der Waals surface area contributed by atoms with Gasteiger partial charge in [0.25, 0.3) is 5.91 Å². The zero-order valence-electron chi connectivity index (χ0n) is 16.9. The van der Waals surface area contributed by atoms with Crippen molar-refractivity contribution in [2.24, 2.45) is 5.41 Å². The first kappa shape index (κ1) is 20.9. The largest absolute Gasteiger partial charge is 0.495 e. The van der Waals surface area contributed by atoms with Gasteiger partial charge >= 0.3 is 5.97 Å². The molecule has 1 aliphatic rings. The monoisotopic (exact) mass is 410 g/mol. The van der Waals surface area contributed by atoms with Crippen LogP contribution in [0.25, 0.3) is 0 Å².